The average molecular weight is 689 g/mol. The Morgan fingerprint density at radius 3 is 2.26 bits per heavy atom. The van der Waals surface area contributed by atoms with Gasteiger partial charge in [-0.1, -0.05) is 103 Å². The third kappa shape index (κ3) is 22.4. The van der Waals surface area contributed by atoms with Crippen molar-refractivity contribution < 1.29 is 52.9 Å². The molecule has 0 saturated heterocycles. The Labute approximate surface area is 281 Å². The summed E-state index contributed by atoms with van der Waals surface area (Å²) < 4.78 is 26.1. The number of ether oxygens (including phenoxy) is 2. The van der Waals surface area contributed by atoms with Crippen molar-refractivity contribution in [3.05, 3.63) is 24.3 Å². The molecule has 0 unspecified atom stereocenters. The van der Waals surface area contributed by atoms with Crippen molar-refractivity contribution in [1.29, 1.82) is 0 Å². The second-order valence-electron chi connectivity index (χ2n) is 13.1. The van der Waals surface area contributed by atoms with Crippen molar-refractivity contribution in [2.45, 2.75) is 148 Å². The van der Waals surface area contributed by atoms with E-state index in [-0.39, 0.29) is 43.5 Å². The van der Waals surface area contributed by atoms with E-state index >= 15 is 0 Å². The first-order valence-electron chi connectivity index (χ1n) is 17.6. The highest BCUT2D eigenvalue weighted by Gasteiger charge is 2.39. The molecule has 0 amide bonds. The van der Waals surface area contributed by atoms with Crippen LogP contribution in [-0.4, -0.2) is 69.2 Å². The molecule has 0 radical (unpaired) electrons. The van der Waals surface area contributed by atoms with Gasteiger partial charge < -0.3 is 29.5 Å². The predicted molar refractivity (Wildman–Crippen MR) is 180 cm³/mol. The normalized spacial score (nSPS) is 20.0. The van der Waals surface area contributed by atoms with Crippen molar-refractivity contribution in [2.75, 3.05) is 13.2 Å². The first-order valence-corrected chi connectivity index (χ1v) is 19.1. The van der Waals surface area contributed by atoms with Gasteiger partial charge in [-0.3, -0.25) is 18.9 Å². The van der Waals surface area contributed by atoms with Crippen LogP contribution >= 0.6 is 7.82 Å². The summed E-state index contributed by atoms with van der Waals surface area (Å²) in [7, 11) is -4.81. The number of carbonyl (C=O) groups excluding carboxylic acids is 3. The first-order chi connectivity index (χ1) is 22.3. The summed E-state index contributed by atoms with van der Waals surface area (Å²) in [5.74, 6) is -1.10. The van der Waals surface area contributed by atoms with Crippen LogP contribution < -0.4 is 0 Å². The van der Waals surface area contributed by atoms with Gasteiger partial charge >= 0.3 is 19.8 Å². The van der Waals surface area contributed by atoms with Gasteiger partial charge in [0.05, 0.1) is 18.8 Å². The van der Waals surface area contributed by atoms with E-state index in [0.29, 0.717) is 38.0 Å². The van der Waals surface area contributed by atoms with E-state index in [1.54, 1.807) is 12.2 Å². The number of aliphatic hydroxyl groups is 2. The third-order valence-corrected chi connectivity index (χ3v) is 8.75. The lowest BCUT2D eigenvalue weighted by atomic mass is 9.90. The van der Waals surface area contributed by atoms with Gasteiger partial charge in [0.2, 0.25) is 0 Å². The fourth-order valence-electron chi connectivity index (χ4n) is 5.54. The highest BCUT2D eigenvalue weighted by atomic mass is 31.2. The molecule has 5 atom stereocenters. The summed E-state index contributed by atoms with van der Waals surface area (Å²) in [4.78, 5) is 55.1. The van der Waals surface area contributed by atoms with Crippen LogP contribution in [0.15, 0.2) is 24.3 Å². The molecule has 11 nitrogen and oxygen atoms in total. The molecule has 4 N–H and O–H groups in total. The number of aliphatic hydroxyl groups excluding tert-OH is 2. The smallest absolute Gasteiger partial charge is 0.462 e. The molecule has 0 bridgehead atoms. The van der Waals surface area contributed by atoms with Gasteiger partial charge in [-0.05, 0) is 38.0 Å². The number of phosphoric acid groups is 1. The first kappa shape index (κ1) is 43.1. The number of unbranched alkanes of at least 4 members (excludes halogenated alkanes) is 8. The van der Waals surface area contributed by atoms with Crippen LogP contribution in [-0.2, 0) is 32.9 Å². The molecule has 1 aliphatic rings. The topological polar surface area (TPSA) is 177 Å². The Morgan fingerprint density at radius 2 is 1.57 bits per heavy atom. The number of esters is 2. The quantitative estimate of drug-likeness (QED) is 0.0320. The van der Waals surface area contributed by atoms with Crippen LogP contribution in [0.2, 0.25) is 0 Å². The van der Waals surface area contributed by atoms with Gasteiger partial charge in [0.1, 0.15) is 12.4 Å². The van der Waals surface area contributed by atoms with E-state index in [4.69, 9.17) is 19.3 Å². The summed E-state index contributed by atoms with van der Waals surface area (Å²) in [5.41, 5.74) is 0. The molecule has 0 aliphatic heterocycles. The molecular weight excluding hydrogens is 627 g/mol. The molecule has 0 heterocycles. The lowest BCUT2D eigenvalue weighted by Crippen LogP contribution is -2.29. The van der Waals surface area contributed by atoms with Gasteiger partial charge in [0.15, 0.2) is 6.10 Å². The average Bonchev–Trinajstić information content (AvgIpc) is 3.27. The van der Waals surface area contributed by atoms with Crippen LogP contribution in [0.4, 0.5) is 0 Å². The van der Waals surface area contributed by atoms with E-state index in [9.17, 15) is 29.2 Å². The third-order valence-electron chi connectivity index (χ3n) is 8.27. The number of hydrogen-bond donors (Lipinski definition) is 4. The number of phosphoric ester groups is 1. The molecule has 0 aromatic carbocycles. The number of Topliss-reactive ketones (excluding diaryl/α,β-unsaturated/α-hetero) is 1. The maximum atomic E-state index is 12.4. The molecule has 1 fully saturated rings. The minimum atomic E-state index is -4.81. The number of hydrogen-bond acceptors (Lipinski definition) is 9. The SMILES string of the molecule is CCCCC[C@H](O)/C=C/[C@H]1[C@H](O)CC(=O)[C@@H]1C/C=C\CCCC(=O)OC[C@H](COP(=O)(O)O)OC(=O)CCCCCCCCC(C)C. The fourth-order valence-corrected chi connectivity index (χ4v) is 5.90. The summed E-state index contributed by atoms with van der Waals surface area (Å²) in [5, 5.41) is 20.5. The van der Waals surface area contributed by atoms with E-state index < -0.39 is 44.7 Å². The number of carbonyl (C=O) groups is 3. The van der Waals surface area contributed by atoms with Crippen molar-refractivity contribution in [3.8, 4) is 0 Å². The molecule has 1 saturated carbocycles. The summed E-state index contributed by atoms with van der Waals surface area (Å²) >= 11 is 0. The second kappa shape index (κ2) is 25.1. The Morgan fingerprint density at radius 1 is 0.915 bits per heavy atom. The summed E-state index contributed by atoms with van der Waals surface area (Å²) in [6, 6.07) is 0. The van der Waals surface area contributed by atoms with E-state index in [2.05, 4.69) is 25.3 Å². The lowest BCUT2D eigenvalue weighted by Gasteiger charge is -2.18. The standard InChI is InChI=1S/C35H61O11P/c1-4-5-12-18-28(36)22-23-31-30(32(37)24-33(31)38)19-14-10-11-15-20-34(39)44-25-29(26-45-47(41,42)43)46-35(40)21-16-9-7-6-8-13-17-27(2)3/h10,14,22-23,27-31,33,36,38H,4-9,11-13,15-21,24-26H2,1-3H3,(H2,41,42,43)/b14-10-,23-22+/t28-,29+,30+,31+,33+/m0/s1. The van der Waals surface area contributed by atoms with E-state index in [1.165, 1.54) is 19.3 Å². The van der Waals surface area contributed by atoms with Gasteiger partial charge in [0.25, 0.3) is 0 Å². The Balaban J connectivity index is 2.40. The Bertz CT molecular complexity index is 990. The van der Waals surface area contributed by atoms with Crippen molar-refractivity contribution in [3.63, 3.8) is 0 Å². The van der Waals surface area contributed by atoms with Gasteiger partial charge in [-0.25, -0.2) is 4.57 Å². The van der Waals surface area contributed by atoms with Crippen molar-refractivity contribution in [1.82, 2.24) is 0 Å². The van der Waals surface area contributed by atoms with Crippen LogP contribution in [0.25, 0.3) is 0 Å². The number of ketones is 1. The van der Waals surface area contributed by atoms with E-state index in [1.807, 2.05) is 12.2 Å². The minimum absolute atomic E-state index is 0.00800. The molecule has 272 valence electrons. The maximum absolute atomic E-state index is 12.4. The van der Waals surface area contributed by atoms with Crippen LogP contribution in [0.3, 0.4) is 0 Å². The number of rotatable bonds is 27. The molecule has 1 rings (SSSR count). The van der Waals surface area contributed by atoms with Gasteiger partial charge in [0, 0.05) is 31.1 Å². The number of allylic oxidation sites excluding steroid dienone is 2. The summed E-state index contributed by atoms with van der Waals surface area (Å²) in [6.07, 6.45) is 17.4. The zero-order valence-electron chi connectivity index (χ0n) is 28.8. The van der Waals surface area contributed by atoms with E-state index in [0.717, 1.165) is 38.5 Å². The molecule has 0 aromatic heterocycles. The second-order valence-corrected chi connectivity index (χ2v) is 14.3. The lowest BCUT2D eigenvalue weighted by molar-refractivity contribution is -0.161. The summed E-state index contributed by atoms with van der Waals surface area (Å²) in [6.45, 7) is 5.52. The predicted octanol–water partition coefficient (Wildman–Crippen LogP) is 6.51. The molecular formula is C35H61O11P. The zero-order chi connectivity index (χ0) is 35.1. The monoisotopic (exact) mass is 688 g/mol. The minimum Gasteiger partial charge on any atom is -0.462 e. The molecule has 12 heteroatoms. The van der Waals surface area contributed by atoms with Crippen molar-refractivity contribution in [2.24, 2.45) is 17.8 Å². The van der Waals surface area contributed by atoms with Gasteiger partial charge in [-0.15, -0.1) is 0 Å². The highest BCUT2D eigenvalue weighted by Crippen LogP contribution is 2.36. The highest BCUT2D eigenvalue weighted by molar-refractivity contribution is 7.46. The molecule has 1 aliphatic carbocycles. The molecule has 47 heavy (non-hydrogen) atoms. The van der Waals surface area contributed by atoms with Crippen LogP contribution in [0.5, 0.6) is 0 Å². The zero-order valence-corrected chi connectivity index (χ0v) is 29.7. The Hall–Kier alpha value is -1.88. The molecule has 0 spiro atoms. The van der Waals surface area contributed by atoms with Crippen LogP contribution in [0, 0.1) is 17.8 Å². The van der Waals surface area contributed by atoms with Crippen molar-refractivity contribution >= 4 is 25.5 Å². The molecule has 0 aromatic rings. The van der Waals surface area contributed by atoms with Crippen LogP contribution in [0.1, 0.15) is 130 Å². The maximum Gasteiger partial charge on any atom is 0.469 e. The van der Waals surface area contributed by atoms with Gasteiger partial charge in [-0.2, -0.15) is 0 Å². The fraction of sp³-hybridized carbons (Fsp3) is 0.800. The Kier molecular flexibility index (Phi) is 23.1. The largest absolute Gasteiger partial charge is 0.469 e.